The Morgan fingerprint density at radius 1 is 1.19 bits per heavy atom. The summed E-state index contributed by atoms with van der Waals surface area (Å²) in [7, 11) is 0. The summed E-state index contributed by atoms with van der Waals surface area (Å²) in [5, 5.41) is 4.91. The van der Waals surface area contributed by atoms with E-state index in [1.165, 1.54) is 11.8 Å². The molecule has 6 nitrogen and oxygen atoms in total. The molecule has 8 heteroatoms. The molecule has 1 aliphatic rings. The summed E-state index contributed by atoms with van der Waals surface area (Å²) in [6.45, 7) is 9.94. The second-order valence-electron chi connectivity index (χ2n) is 8.17. The number of para-hydroxylation sites is 1. The first-order chi connectivity index (χ1) is 17.5. The van der Waals surface area contributed by atoms with E-state index in [1.807, 2.05) is 79.3 Å². The van der Waals surface area contributed by atoms with E-state index in [1.54, 1.807) is 11.0 Å². The van der Waals surface area contributed by atoms with E-state index in [9.17, 15) is 4.79 Å². The topological polar surface area (TPSA) is 56.6 Å². The highest BCUT2D eigenvalue weighted by Crippen LogP contribution is 2.36. The van der Waals surface area contributed by atoms with Gasteiger partial charge in [-0.15, -0.1) is 0 Å². The maximum absolute atomic E-state index is 13.2. The number of amides is 1. The molecule has 0 bridgehead atoms. The molecule has 0 unspecified atom stereocenters. The summed E-state index contributed by atoms with van der Waals surface area (Å²) in [6, 6.07) is 15.8. The quantitative estimate of drug-likeness (QED) is 0.133. The number of hydrogen-bond acceptors (Lipinski definition) is 6. The van der Waals surface area contributed by atoms with Crippen LogP contribution in [0.1, 0.15) is 24.5 Å². The molecule has 1 aromatic heterocycles. The zero-order valence-electron chi connectivity index (χ0n) is 20.5. The van der Waals surface area contributed by atoms with Gasteiger partial charge in [0.25, 0.3) is 5.91 Å². The molecular formula is C28H29N3O3S2. The fourth-order valence-corrected chi connectivity index (χ4v) is 5.16. The van der Waals surface area contributed by atoms with Crippen LogP contribution >= 0.6 is 24.0 Å². The van der Waals surface area contributed by atoms with Gasteiger partial charge in [-0.2, -0.15) is 5.10 Å². The summed E-state index contributed by atoms with van der Waals surface area (Å²) >= 11 is 6.84. The largest absolute Gasteiger partial charge is 0.490 e. The second kappa shape index (κ2) is 12.2. The van der Waals surface area contributed by atoms with Crippen molar-refractivity contribution in [3.8, 4) is 22.7 Å². The van der Waals surface area contributed by atoms with Gasteiger partial charge in [-0.05, 0) is 62.2 Å². The van der Waals surface area contributed by atoms with Gasteiger partial charge in [0.2, 0.25) is 0 Å². The van der Waals surface area contributed by atoms with Crippen molar-refractivity contribution >= 4 is 40.3 Å². The zero-order valence-corrected chi connectivity index (χ0v) is 22.1. The Hall–Kier alpha value is -3.20. The van der Waals surface area contributed by atoms with Gasteiger partial charge in [-0.1, -0.05) is 54.8 Å². The molecule has 2 aromatic carbocycles. The highest BCUT2D eigenvalue weighted by Gasteiger charge is 2.32. The molecule has 4 rings (SSSR count). The first kappa shape index (κ1) is 25.9. The fraction of sp³-hybridized carbons (Fsp3) is 0.250. The minimum Gasteiger partial charge on any atom is -0.490 e. The summed E-state index contributed by atoms with van der Waals surface area (Å²) in [4.78, 5) is 15.4. The zero-order chi connectivity index (χ0) is 25.5. The lowest BCUT2D eigenvalue weighted by molar-refractivity contribution is -0.122. The minimum atomic E-state index is -0.0789. The van der Waals surface area contributed by atoms with Crippen molar-refractivity contribution in [3.63, 3.8) is 0 Å². The molecule has 3 aromatic rings. The molecule has 0 aliphatic carbocycles. The Kier molecular flexibility index (Phi) is 8.74. The molecule has 1 saturated heterocycles. The van der Waals surface area contributed by atoms with Gasteiger partial charge < -0.3 is 9.47 Å². The van der Waals surface area contributed by atoms with E-state index >= 15 is 0 Å². The Bertz CT molecular complexity index is 1280. The summed E-state index contributed by atoms with van der Waals surface area (Å²) < 4.78 is 13.5. The van der Waals surface area contributed by atoms with Crippen LogP contribution in [0.2, 0.25) is 0 Å². The van der Waals surface area contributed by atoms with Crippen molar-refractivity contribution in [1.29, 1.82) is 0 Å². The average molecular weight is 520 g/mol. The second-order valence-corrected chi connectivity index (χ2v) is 9.85. The van der Waals surface area contributed by atoms with Crippen LogP contribution in [0, 0.1) is 6.92 Å². The number of nitrogens with zero attached hydrogens (tertiary/aromatic N) is 3. The standard InChI is InChI=1S/C28H29N3O3S2/c1-4-15-34-23-12-13-24(20(3)17-23)26-21(19-31(29-26)22-10-7-6-8-11-22)18-25-27(32)30(28(35)36-25)14-9-16-33-5-2/h4,6-8,10-13,17-19H,1,5,9,14-16H2,2-3H3/b25-18-. The molecule has 0 saturated carbocycles. The van der Waals surface area contributed by atoms with E-state index in [0.29, 0.717) is 35.6 Å². The maximum Gasteiger partial charge on any atom is 0.266 e. The first-order valence-corrected chi connectivity index (χ1v) is 13.1. The SMILES string of the molecule is C=CCOc1ccc(-c2nn(-c3ccccc3)cc2/C=C2\SC(=S)N(CCCOCC)C2=O)c(C)c1. The van der Waals surface area contributed by atoms with E-state index < -0.39 is 0 Å². The number of thioether (sulfide) groups is 1. The van der Waals surface area contributed by atoms with Crippen LogP contribution in [-0.4, -0.2) is 51.3 Å². The predicted molar refractivity (Wildman–Crippen MR) is 150 cm³/mol. The number of thiocarbonyl (C=S) groups is 1. The number of aryl methyl sites for hydroxylation is 1. The molecule has 2 heterocycles. The van der Waals surface area contributed by atoms with Crippen molar-refractivity contribution in [3.05, 3.63) is 83.4 Å². The summed E-state index contributed by atoms with van der Waals surface area (Å²) in [5.41, 5.74) is 4.55. The molecule has 36 heavy (non-hydrogen) atoms. The van der Waals surface area contributed by atoms with Crippen molar-refractivity contribution in [1.82, 2.24) is 14.7 Å². The average Bonchev–Trinajstić information content (AvgIpc) is 3.41. The lowest BCUT2D eigenvalue weighted by Crippen LogP contribution is -2.29. The number of ether oxygens (including phenoxy) is 2. The van der Waals surface area contributed by atoms with Crippen LogP contribution in [0.4, 0.5) is 0 Å². The number of carbonyl (C=O) groups excluding carboxylic acids is 1. The molecule has 0 N–H and O–H groups in total. The van der Waals surface area contributed by atoms with Crippen molar-refractivity contribution < 1.29 is 14.3 Å². The number of carbonyl (C=O) groups is 1. The molecule has 0 atom stereocenters. The number of aromatic nitrogens is 2. The monoisotopic (exact) mass is 519 g/mol. The molecule has 0 spiro atoms. The third kappa shape index (κ3) is 5.95. The Morgan fingerprint density at radius 2 is 2.00 bits per heavy atom. The highest BCUT2D eigenvalue weighted by molar-refractivity contribution is 8.26. The molecule has 1 amide bonds. The van der Waals surface area contributed by atoms with Gasteiger partial charge in [0.05, 0.1) is 10.6 Å². The van der Waals surface area contributed by atoms with Gasteiger partial charge in [0.1, 0.15) is 22.4 Å². The van der Waals surface area contributed by atoms with E-state index in [-0.39, 0.29) is 5.91 Å². The number of hydrogen-bond donors (Lipinski definition) is 0. The molecular weight excluding hydrogens is 490 g/mol. The normalized spacial score (nSPS) is 14.6. The van der Waals surface area contributed by atoms with Gasteiger partial charge in [-0.3, -0.25) is 9.69 Å². The molecule has 186 valence electrons. The number of rotatable bonds is 11. The molecule has 1 fully saturated rings. The summed E-state index contributed by atoms with van der Waals surface area (Å²) in [6.07, 6.45) is 6.30. The van der Waals surface area contributed by atoms with Gasteiger partial charge >= 0.3 is 0 Å². The van der Waals surface area contributed by atoms with Gasteiger partial charge in [0.15, 0.2) is 0 Å². The Morgan fingerprint density at radius 3 is 2.72 bits per heavy atom. The third-order valence-electron chi connectivity index (χ3n) is 5.62. The maximum atomic E-state index is 13.2. The lowest BCUT2D eigenvalue weighted by Gasteiger charge is -2.13. The van der Waals surface area contributed by atoms with E-state index in [2.05, 4.69) is 6.58 Å². The van der Waals surface area contributed by atoms with Crippen LogP contribution in [-0.2, 0) is 9.53 Å². The predicted octanol–water partition coefficient (Wildman–Crippen LogP) is 6.04. The first-order valence-electron chi connectivity index (χ1n) is 11.8. The smallest absolute Gasteiger partial charge is 0.266 e. The van der Waals surface area contributed by atoms with E-state index in [0.717, 1.165) is 40.2 Å². The number of benzene rings is 2. The van der Waals surface area contributed by atoms with Crippen LogP contribution in [0.25, 0.3) is 23.0 Å². The Balaban J connectivity index is 1.69. The van der Waals surface area contributed by atoms with Crippen LogP contribution in [0.3, 0.4) is 0 Å². The van der Waals surface area contributed by atoms with Crippen molar-refractivity contribution in [2.24, 2.45) is 0 Å². The van der Waals surface area contributed by atoms with Gasteiger partial charge in [-0.25, -0.2) is 4.68 Å². The van der Waals surface area contributed by atoms with Crippen LogP contribution < -0.4 is 4.74 Å². The molecule has 1 aliphatic heterocycles. The Labute approximate surface area is 221 Å². The summed E-state index contributed by atoms with van der Waals surface area (Å²) in [5.74, 6) is 0.693. The van der Waals surface area contributed by atoms with Crippen molar-refractivity contribution in [2.45, 2.75) is 20.3 Å². The fourth-order valence-electron chi connectivity index (χ4n) is 3.87. The van der Waals surface area contributed by atoms with E-state index in [4.69, 9.17) is 26.8 Å². The van der Waals surface area contributed by atoms with Crippen LogP contribution in [0.15, 0.2) is 72.3 Å². The third-order valence-corrected chi connectivity index (χ3v) is 7.00. The lowest BCUT2D eigenvalue weighted by atomic mass is 10.0. The van der Waals surface area contributed by atoms with Crippen molar-refractivity contribution in [2.75, 3.05) is 26.4 Å². The van der Waals surface area contributed by atoms with Crippen LogP contribution in [0.5, 0.6) is 5.75 Å². The highest BCUT2D eigenvalue weighted by atomic mass is 32.2. The molecule has 0 radical (unpaired) electrons. The van der Waals surface area contributed by atoms with Gasteiger partial charge in [0, 0.05) is 37.1 Å². The minimum absolute atomic E-state index is 0.0789.